The minimum Gasteiger partial charge on any atom is -0.342 e. The van der Waals surface area contributed by atoms with E-state index in [9.17, 15) is 13.6 Å². The second-order valence-corrected chi connectivity index (χ2v) is 6.83. The third-order valence-electron chi connectivity index (χ3n) is 5.47. The lowest BCUT2D eigenvalue weighted by molar-refractivity contribution is -0.146. The molecule has 4 atom stereocenters. The molecule has 3 heterocycles. The van der Waals surface area contributed by atoms with Crippen LogP contribution in [0.25, 0.3) is 0 Å². The zero-order chi connectivity index (χ0) is 16.2. The third-order valence-corrected chi connectivity index (χ3v) is 5.47. The first-order valence-corrected chi connectivity index (χ1v) is 8.18. The number of rotatable bonds is 1. The Morgan fingerprint density at radius 3 is 2.70 bits per heavy atom. The Hall–Kier alpha value is -1.53. The second-order valence-electron chi connectivity index (χ2n) is 6.83. The van der Waals surface area contributed by atoms with Crippen LogP contribution in [0.2, 0.25) is 0 Å². The van der Waals surface area contributed by atoms with Crippen LogP contribution in [-0.4, -0.2) is 35.7 Å². The summed E-state index contributed by atoms with van der Waals surface area (Å²) in [6, 6.07) is 3.19. The molecular formula is C17H20F2N2O2. The zero-order valence-electron chi connectivity index (χ0n) is 13.0. The van der Waals surface area contributed by atoms with Crippen molar-refractivity contribution in [3.05, 3.63) is 35.4 Å². The maximum absolute atomic E-state index is 13.5. The summed E-state index contributed by atoms with van der Waals surface area (Å²) in [5.74, 6) is -1.16. The SMILES string of the molecule is CC1CNCCC12O[C@@H]1CC[C@@H](c3cc(F)cc(F)c3)N1C2=O. The summed E-state index contributed by atoms with van der Waals surface area (Å²) in [6.45, 7) is 3.50. The molecule has 0 aromatic heterocycles. The number of hydrogen-bond donors (Lipinski definition) is 1. The molecule has 1 spiro atoms. The molecule has 3 aliphatic heterocycles. The smallest absolute Gasteiger partial charge is 0.257 e. The highest BCUT2D eigenvalue weighted by Gasteiger charge is 2.59. The maximum Gasteiger partial charge on any atom is 0.257 e. The van der Waals surface area contributed by atoms with Crippen LogP contribution in [0.1, 0.15) is 37.8 Å². The molecule has 124 valence electrons. The summed E-state index contributed by atoms with van der Waals surface area (Å²) in [7, 11) is 0. The van der Waals surface area contributed by atoms with Crippen LogP contribution >= 0.6 is 0 Å². The average molecular weight is 322 g/mol. The minimum atomic E-state index is -0.777. The van der Waals surface area contributed by atoms with Crippen molar-refractivity contribution >= 4 is 5.91 Å². The predicted molar refractivity (Wildman–Crippen MR) is 79.4 cm³/mol. The number of nitrogens with one attached hydrogen (secondary N) is 1. The summed E-state index contributed by atoms with van der Waals surface area (Å²) in [6.07, 6.45) is 1.74. The standard InChI is InChI=1S/C17H20F2N2O2/c1-10-9-20-5-4-17(10)16(22)21-14(2-3-15(21)23-17)11-6-12(18)8-13(19)7-11/h6-8,10,14-15,20H,2-5,9H2,1H3/t10?,14-,15+,17?/m0/s1. The van der Waals surface area contributed by atoms with Crippen molar-refractivity contribution in [3.8, 4) is 0 Å². The Bertz CT molecular complexity index is 633. The molecule has 3 aliphatic rings. The number of nitrogens with zero attached hydrogens (tertiary/aromatic N) is 1. The van der Waals surface area contributed by atoms with E-state index >= 15 is 0 Å². The number of fused-ring (bicyclic) bond motifs is 1. The van der Waals surface area contributed by atoms with Crippen LogP contribution in [0.15, 0.2) is 18.2 Å². The van der Waals surface area contributed by atoms with E-state index < -0.39 is 17.2 Å². The van der Waals surface area contributed by atoms with Gasteiger partial charge in [-0.3, -0.25) is 4.79 Å². The van der Waals surface area contributed by atoms with Crippen LogP contribution in [0.3, 0.4) is 0 Å². The van der Waals surface area contributed by atoms with E-state index in [1.54, 1.807) is 4.90 Å². The number of hydrogen-bond acceptors (Lipinski definition) is 3. The topological polar surface area (TPSA) is 41.6 Å². The average Bonchev–Trinajstić information content (AvgIpc) is 3.01. The second kappa shape index (κ2) is 5.24. The van der Waals surface area contributed by atoms with Gasteiger partial charge < -0.3 is 15.0 Å². The van der Waals surface area contributed by atoms with Crippen molar-refractivity contribution in [2.24, 2.45) is 5.92 Å². The lowest BCUT2D eigenvalue weighted by Crippen LogP contribution is -2.54. The Kier molecular flexibility index (Phi) is 3.43. The van der Waals surface area contributed by atoms with E-state index in [0.717, 1.165) is 19.2 Å². The maximum atomic E-state index is 13.5. The van der Waals surface area contributed by atoms with Crippen LogP contribution in [-0.2, 0) is 9.53 Å². The van der Waals surface area contributed by atoms with Crippen LogP contribution in [0.4, 0.5) is 8.78 Å². The van der Waals surface area contributed by atoms with Crippen LogP contribution in [0.5, 0.6) is 0 Å². The molecule has 1 N–H and O–H groups in total. The van der Waals surface area contributed by atoms with Gasteiger partial charge in [0.25, 0.3) is 5.91 Å². The number of carbonyl (C=O) groups excluding carboxylic acids is 1. The summed E-state index contributed by atoms with van der Waals surface area (Å²) in [4.78, 5) is 14.8. The molecule has 3 fully saturated rings. The van der Waals surface area contributed by atoms with E-state index in [1.165, 1.54) is 12.1 Å². The molecule has 0 saturated carbocycles. The largest absolute Gasteiger partial charge is 0.342 e. The van der Waals surface area contributed by atoms with Gasteiger partial charge in [0.2, 0.25) is 0 Å². The van der Waals surface area contributed by atoms with Gasteiger partial charge >= 0.3 is 0 Å². The molecular weight excluding hydrogens is 302 g/mol. The Morgan fingerprint density at radius 1 is 1.26 bits per heavy atom. The van der Waals surface area contributed by atoms with E-state index in [-0.39, 0.29) is 24.1 Å². The van der Waals surface area contributed by atoms with Gasteiger partial charge in [0.05, 0.1) is 6.04 Å². The van der Waals surface area contributed by atoms with Gasteiger partial charge in [0, 0.05) is 18.5 Å². The molecule has 23 heavy (non-hydrogen) atoms. The quantitative estimate of drug-likeness (QED) is 0.863. The summed E-state index contributed by atoms with van der Waals surface area (Å²) in [5, 5.41) is 3.28. The first kappa shape index (κ1) is 15.0. The van der Waals surface area contributed by atoms with E-state index in [0.29, 0.717) is 24.8 Å². The Balaban J connectivity index is 1.67. The highest BCUT2D eigenvalue weighted by Crippen LogP contribution is 2.48. The molecule has 0 bridgehead atoms. The molecule has 4 nitrogen and oxygen atoms in total. The number of piperidine rings is 1. The van der Waals surface area contributed by atoms with Crippen LogP contribution < -0.4 is 5.32 Å². The van der Waals surface area contributed by atoms with Crippen molar-refractivity contribution in [3.63, 3.8) is 0 Å². The number of amides is 1. The molecule has 4 rings (SSSR count). The first-order valence-electron chi connectivity index (χ1n) is 8.18. The highest BCUT2D eigenvalue weighted by molar-refractivity contribution is 5.88. The van der Waals surface area contributed by atoms with Gasteiger partial charge in [-0.15, -0.1) is 0 Å². The van der Waals surface area contributed by atoms with Crippen molar-refractivity contribution in [1.82, 2.24) is 10.2 Å². The summed E-state index contributed by atoms with van der Waals surface area (Å²) < 4.78 is 33.3. The number of benzene rings is 1. The minimum absolute atomic E-state index is 0.0244. The van der Waals surface area contributed by atoms with Crippen LogP contribution in [0, 0.1) is 17.6 Å². The lowest BCUT2D eigenvalue weighted by Gasteiger charge is -2.37. The van der Waals surface area contributed by atoms with Crippen molar-refractivity contribution in [2.75, 3.05) is 13.1 Å². The molecule has 2 unspecified atom stereocenters. The van der Waals surface area contributed by atoms with E-state index in [2.05, 4.69) is 5.32 Å². The van der Waals surface area contributed by atoms with Crippen molar-refractivity contribution in [1.29, 1.82) is 0 Å². The van der Waals surface area contributed by atoms with Gasteiger partial charge in [-0.2, -0.15) is 0 Å². The zero-order valence-corrected chi connectivity index (χ0v) is 13.0. The third kappa shape index (κ3) is 2.19. The van der Waals surface area contributed by atoms with Gasteiger partial charge in [0.1, 0.15) is 17.9 Å². The van der Waals surface area contributed by atoms with Gasteiger partial charge in [-0.1, -0.05) is 6.92 Å². The van der Waals surface area contributed by atoms with Gasteiger partial charge in [-0.25, -0.2) is 8.78 Å². The summed E-state index contributed by atoms with van der Waals surface area (Å²) in [5.41, 5.74) is -0.263. The molecule has 1 aromatic rings. The van der Waals surface area contributed by atoms with E-state index in [1.807, 2.05) is 6.92 Å². The fourth-order valence-corrected chi connectivity index (χ4v) is 4.27. The molecule has 1 amide bonds. The van der Waals surface area contributed by atoms with Gasteiger partial charge in [0.15, 0.2) is 5.60 Å². The predicted octanol–water partition coefficient (Wildman–Crippen LogP) is 2.35. The Morgan fingerprint density at radius 2 is 2.00 bits per heavy atom. The highest BCUT2D eigenvalue weighted by atomic mass is 19.1. The number of ether oxygens (including phenoxy) is 1. The normalized spacial score (nSPS) is 36.7. The number of halogens is 2. The fourth-order valence-electron chi connectivity index (χ4n) is 4.27. The fraction of sp³-hybridized carbons (Fsp3) is 0.588. The molecule has 0 aliphatic carbocycles. The van der Waals surface area contributed by atoms with E-state index in [4.69, 9.17) is 4.74 Å². The molecule has 1 aromatic carbocycles. The summed E-state index contributed by atoms with van der Waals surface area (Å²) >= 11 is 0. The Labute approximate surface area is 133 Å². The number of carbonyl (C=O) groups is 1. The molecule has 6 heteroatoms. The lowest BCUT2D eigenvalue weighted by atomic mass is 9.82. The molecule has 3 saturated heterocycles. The molecule has 0 radical (unpaired) electrons. The van der Waals surface area contributed by atoms with Crippen molar-refractivity contribution < 1.29 is 18.3 Å². The van der Waals surface area contributed by atoms with Gasteiger partial charge in [-0.05, 0) is 43.5 Å². The van der Waals surface area contributed by atoms with Crippen molar-refractivity contribution in [2.45, 2.75) is 44.1 Å². The first-order chi connectivity index (χ1) is 11.0. The monoisotopic (exact) mass is 322 g/mol.